The molecular weight excluding hydrogens is 440 g/mol. The number of carboxylic acid groups (broad SMARTS) is 1. The highest BCUT2D eigenvalue weighted by Crippen LogP contribution is 2.39. The van der Waals surface area contributed by atoms with E-state index >= 15 is 0 Å². The molecule has 1 atom stereocenters. The number of carboxylic acids is 1. The molecule has 0 saturated carbocycles. The third-order valence-electron chi connectivity index (χ3n) is 5.59. The van der Waals surface area contributed by atoms with Gasteiger partial charge in [0.1, 0.15) is 11.3 Å². The number of nitriles is 2. The molecule has 0 radical (unpaired) electrons. The molecule has 4 rings (SSSR count). The third kappa shape index (κ3) is 3.75. The number of nitrogens with zero attached hydrogens (tertiary/aromatic N) is 3. The molecule has 0 fully saturated rings. The van der Waals surface area contributed by atoms with Gasteiger partial charge in [-0.05, 0) is 66.6 Å². The summed E-state index contributed by atoms with van der Waals surface area (Å²) in [5.41, 5.74) is 2.91. The number of rotatable bonds is 6. The van der Waals surface area contributed by atoms with E-state index < -0.39 is 21.1 Å². The van der Waals surface area contributed by atoms with Gasteiger partial charge >= 0.3 is 5.97 Å². The van der Waals surface area contributed by atoms with Crippen LogP contribution in [0.5, 0.6) is 0 Å². The average molecular weight is 458 g/mol. The van der Waals surface area contributed by atoms with Gasteiger partial charge in [0.05, 0.1) is 34.2 Å². The number of aliphatic carboxylic acids is 1. The van der Waals surface area contributed by atoms with Gasteiger partial charge in [0.25, 0.3) is 0 Å². The summed E-state index contributed by atoms with van der Waals surface area (Å²) in [5, 5.41) is 26.7. The molecule has 0 saturated heterocycles. The zero-order valence-corrected chi connectivity index (χ0v) is 18.3. The van der Waals surface area contributed by atoms with E-state index in [1.807, 2.05) is 12.1 Å². The standard InChI is InChI=1S/C24H18N4O4S/c1-15-19(11-22(29)30)21-9-6-17(13-26)14-28(21)23(15)24(20-3-2-10-27-20)33(31,32)18-7-4-16(12-25)5-8-18/h2-10,14,24,27H,11H2,1H3,(H,29,30). The molecule has 1 aromatic carbocycles. The number of hydrogen-bond acceptors (Lipinski definition) is 5. The Labute approximate surface area is 189 Å². The fourth-order valence-electron chi connectivity index (χ4n) is 4.06. The molecule has 0 bridgehead atoms. The van der Waals surface area contributed by atoms with Crippen molar-refractivity contribution in [2.24, 2.45) is 0 Å². The van der Waals surface area contributed by atoms with Crippen molar-refractivity contribution >= 4 is 21.3 Å². The minimum absolute atomic E-state index is 0.0201. The number of H-pyrrole nitrogens is 1. The first-order valence-electron chi connectivity index (χ1n) is 9.90. The van der Waals surface area contributed by atoms with Crippen LogP contribution in [0.15, 0.2) is 65.8 Å². The van der Waals surface area contributed by atoms with Gasteiger partial charge in [-0.3, -0.25) is 4.79 Å². The minimum Gasteiger partial charge on any atom is -0.481 e. The maximum absolute atomic E-state index is 13.9. The van der Waals surface area contributed by atoms with E-state index in [1.54, 1.807) is 41.8 Å². The molecule has 2 N–H and O–H groups in total. The smallest absolute Gasteiger partial charge is 0.307 e. The number of carbonyl (C=O) groups is 1. The predicted molar refractivity (Wildman–Crippen MR) is 119 cm³/mol. The van der Waals surface area contributed by atoms with Gasteiger partial charge in [-0.25, -0.2) is 8.42 Å². The monoisotopic (exact) mass is 458 g/mol. The third-order valence-corrected chi connectivity index (χ3v) is 7.61. The second-order valence-electron chi connectivity index (χ2n) is 7.53. The van der Waals surface area contributed by atoms with E-state index in [4.69, 9.17) is 5.26 Å². The topological polar surface area (TPSA) is 139 Å². The van der Waals surface area contributed by atoms with Crippen LogP contribution in [0.25, 0.3) is 5.52 Å². The summed E-state index contributed by atoms with van der Waals surface area (Å²) in [4.78, 5) is 14.6. The Bertz CT molecular complexity index is 1550. The highest BCUT2D eigenvalue weighted by Gasteiger charge is 2.36. The summed E-state index contributed by atoms with van der Waals surface area (Å²) < 4.78 is 29.4. The second kappa shape index (κ2) is 8.30. The molecular formula is C24H18N4O4S. The fraction of sp³-hybridized carbons (Fsp3) is 0.125. The van der Waals surface area contributed by atoms with Crippen LogP contribution in [0, 0.1) is 29.6 Å². The molecule has 4 aromatic rings. The largest absolute Gasteiger partial charge is 0.481 e. The van der Waals surface area contributed by atoms with Gasteiger partial charge in [-0.2, -0.15) is 10.5 Å². The van der Waals surface area contributed by atoms with Crippen molar-refractivity contribution < 1.29 is 18.3 Å². The number of aromatic amines is 1. The van der Waals surface area contributed by atoms with Crippen LogP contribution in [-0.4, -0.2) is 28.9 Å². The Hall–Kier alpha value is -4.34. The molecule has 9 heteroatoms. The van der Waals surface area contributed by atoms with E-state index in [0.717, 1.165) is 0 Å². The summed E-state index contributed by atoms with van der Waals surface area (Å²) in [6.07, 6.45) is 2.84. The highest BCUT2D eigenvalue weighted by atomic mass is 32.2. The maximum Gasteiger partial charge on any atom is 0.307 e. The van der Waals surface area contributed by atoms with Gasteiger partial charge < -0.3 is 14.5 Å². The van der Waals surface area contributed by atoms with Gasteiger partial charge in [0.2, 0.25) is 0 Å². The van der Waals surface area contributed by atoms with E-state index in [0.29, 0.717) is 39.2 Å². The van der Waals surface area contributed by atoms with Crippen LogP contribution in [0.2, 0.25) is 0 Å². The van der Waals surface area contributed by atoms with Crippen molar-refractivity contribution in [3.8, 4) is 12.1 Å². The molecule has 3 heterocycles. The van der Waals surface area contributed by atoms with Crippen LogP contribution < -0.4 is 0 Å². The second-order valence-corrected chi connectivity index (χ2v) is 9.56. The lowest BCUT2D eigenvalue weighted by Gasteiger charge is -2.19. The summed E-state index contributed by atoms with van der Waals surface area (Å²) in [5.74, 6) is -1.05. The predicted octanol–water partition coefficient (Wildman–Crippen LogP) is 3.51. The number of fused-ring (bicyclic) bond motifs is 1. The molecule has 8 nitrogen and oxygen atoms in total. The van der Waals surface area contributed by atoms with E-state index in [9.17, 15) is 23.6 Å². The molecule has 0 aliphatic heterocycles. The van der Waals surface area contributed by atoms with Crippen molar-refractivity contribution in [1.82, 2.24) is 9.38 Å². The van der Waals surface area contributed by atoms with E-state index in [-0.39, 0.29) is 11.3 Å². The van der Waals surface area contributed by atoms with Crippen molar-refractivity contribution in [1.29, 1.82) is 10.5 Å². The average Bonchev–Trinajstić information content (AvgIpc) is 3.42. The van der Waals surface area contributed by atoms with Crippen LogP contribution in [-0.2, 0) is 21.1 Å². The van der Waals surface area contributed by atoms with Gasteiger partial charge in [-0.15, -0.1) is 0 Å². The van der Waals surface area contributed by atoms with Crippen LogP contribution >= 0.6 is 0 Å². The Morgan fingerprint density at radius 3 is 2.33 bits per heavy atom. The Morgan fingerprint density at radius 2 is 1.76 bits per heavy atom. The molecule has 1 unspecified atom stereocenters. The van der Waals surface area contributed by atoms with Gasteiger partial charge in [-0.1, -0.05) is 0 Å². The number of benzene rings is 1. The maximum atomic E-state index is 13.9. The van der Waals surface area contributed by atoms with Crippen molar-refractivity contribution in [2.45, 2.75) is 23.5 Å². The molecule has 3 aromatic heterocycles. The Morgan fingerprint density at radius 1 is 1.09 bits per heavy atom. The number of hydrogen-bond donors (Lipinski definition) is 2. The Balaban J connectivity index is 2.06. The normalized spacial score (nSPS) is 12.2. The van der Waals surface area contributed by atoms with E-state index in [2.05, 4.69) is 4.98 Å². The highest BCUT2D eigenvalue weighted by molar-refractivity contribution is 7.91. The summed E-state index contributed by atoms with van der Waals surface area (Å²) in [6, 6.07) is 16.2. The number of aromatic nitrogens is 2. The zero-order chi connectivity index (χ0) is 23.8. The van der Waals surface area contributed by atoms with Crippen LogP contribution in [0.4, 0.5) is 0 Å². The molecule has 164 valence electrons. The molecule has 0 aliphatic rings. The molecule has 0 amide bonds. The first-order valence-corrected chi connectivity index (χ1v) is 11.4. The lowest BCUT2D eigenvalue weighted by molar-refractivity contribution is -0.136. The quantitative estimate of drug-likeness (QED) is 0.453. The summed E-state index contributed by atoms with van der Waals surface area (Å²) in [6.45, 7) is 1.69. The fourth-order valence-corrected chi connectivity index (χ4v) is 5.91. The van der Waals surface area contributed by atoms with Gasteiger partial charge in [0, 0.05) is 23.6 Å². The number of sulfone groups is 1. The SMILES string of the molecule is Cc1c(CC(=O)O)c2ccc(C#N)cn2c1C(c1ccc[nH]1)S(=O)(=O)c1ccc(C#N)cc1. The van der Waals surface area contributed by atoms with Crippen LogP contribution in [0.1, 0.15) is 38.9 Å². The summed E-state index contributed by atoms with van der Waals surface area (Å²) >= 11 is 0. The molecule has 0 aliphatic carbocycles. The molecule has 0 spiro atoms. The first-order chi connectivity index (χ1) is 15.8. The first kappa shape index (κ1) is 21.9. The summed E-state index contributed by atoms with van der Waals surface area (Å²) in [7, 11) is -4.04. The Kier molecular flexibility index (Phi) is 5.50. The zero-order valence-electron chi connectivity index (χ0n) is 17.5. The van der Waals surface area contributed by atoms with Crippen molar-refractivity contribution in [3.05, 3.63) is 94.6 Å². The lowest BCUT2D eigenvalue weighted by atomic mass is 10.1. The van der Waals surface area contributed by atoms with Crippen molar-refractivity contribution in [3.63, 3.8) is 0 Å². The number of pyridine rings is 1. The minimum atomic E-state index is -4.04. The molecule has 33 heavy (non-hydrogen) atoms. The lowest BCUT2D eigenvalue weighted by Crippen LogP contribution is -2.18. The van der Waals surface area contributed by atoms with Crippen LogP contribution in [0.3, 0.4) is 0 Å². The number of nitrogens with one attached hydrogen (secondary N) is 1. The van der Waals surface area contributed by atoms with E-state index in [1.165, 1.54) is 30.5 Å². The van der Waals surface area contributed by atoms with Crippen molar-refractivity contribution in [2.75, 3.05) is 0 Å². The van der Waals surface area contributed by atoms with Gasteiger partial charge in [0.15, 0.2) is 9.84 Å².